The molecule has 0 amide bonds. The Bertz CT molecular complexity index is 918. The van der Waals surface area contributed by atoms with Crippen LogP contribution in [0.3, 0.4) is 0 Å². The number of anilines is 1. The van der Waals surface area contributed by atoms with Gasteiger partial charge in [0.25, 0.3) is 0 Å². The minimum atomic E-state index is 0.559. The fourth-order valence-electron chi connectivity index (χ4n) is 4.36. The molecule has 0 radical (unpaired) electrons. The topological polar surface area (TPSA) is 18.5 Å². The second-order valence-corrected chi connectivity index (χ2v) is 8.52. The number of nitrogens with one attached hydrogen (secondary N) is 1. The van der Waals surface area contributed by atoms with Crippen LogP contribution in [0.1, 0.15) is 22.3 Å². The largest absolute Gasteiger partial charge is 0.378 e. The molecule has 3 nitrogen and oxygen atoms in total. The standard InChI is InChI=1S/C27H33N3/c1-29(2)26-14-12-23(13-15-26)20-28-16-17-30-21-25-11-7-6-10-24(25)19-27(30)18-22-8-4-3-5-9-22/h3-15,27-28H,16-21H2,1-2H3. The summed E-state index contributed by atoms with van der Waals surface area (Å²) in [5.74, 6) is 0. The lowest BCUT2D eigenvalue weighted by molar-refractivity contribution is 0.170. The van der Waals surface area contributed by atoms with Crippen molar-refractivity contribution in [2.24, 2.45) is 0 Å². The number of rotatable bonds is 8. The summed E-state index contributed by atoms with van der Waals surface area (Å²) in [5, 5.41) is 3.65. The van der Waals surface area contributed by atoms with Crippen molar-refractivity contribution in [3.05, 3.63) is 101 Å². The van der Waals surface area contributed by atoms with Crippen LogP contribution >= 0.6 is 0 Å². The molecule has 1 N–H and O–H groups in total. The molecule has 1 aliphatic rings. The third kappa shape index (κ3) is 5.29. The van der Waals surface area contributed by atoms with Gasteiger partial charge >= 0.3 is 0 Å². The number of fused-ring (bicyclic) bond motifs is 1. The summed E-state index contributed by atoms with van der Waals surface area (Å²) in [6, 6.07) is 29.2. The number of nitrogens with zero attached hydrogens (tertiary/aromatic N) is 2. The molecule has 0 aromatic heterocycles. The van der Waals surface area contributed by atoms with Crippen molar-refractivity contribution in [2.75, 3.05) is 32.1 Å². The zero-order valence-electron chi connectivity index (χ0n) is 18.2. The van der Waals surface area contributed by atoms with E-state index in [0.29, 0.717) is 6.04 Å². The minimum absolute atomic E-state index is 0.559. The number of hydrogen-bond donors (Lipinski definition) is 1. The molecular formula is C27H33N3. The molecule has 0 spiro atoms. The van der Waals surface area contributed by atoms with Gasteiger partial charge in [0, 0.05) is 52.0 Å². The average molecular weight is 400 g/mol. The molecule has 0 bridgehead atoms. The van der Waals surface area contributed by atoms with Gasteiger partial charge in [-0.05, 0) is 47.2 Å². The highest BCUT2D eigenvalue weighted by Crippen LogP contribution is 2.25. The molecule has 4 rings (SSSR count). The van der Waals surface area contributed by atoms with Crippen LogP contribution in [0.25, 0.3) is 0 Å². The Morgan fingerprint density at radius 3 is 2.27 bits per heavy atom. The quantitative estimate of drug-likeness (QED) is 0.562. The van der Waals surface area contributed by atoms with Crippen LogP contribution < -0.4 is 10.2 Å². The summed E-state index contributed by atoms with van der Waals surface area (Å²) in [6.07, 6.45) is 2.25. The van der Waals surface area contributed by atoms with Gasteiger partial charge in [0.2, 0.25) is 0 Å². The summed E-state index contributed by atoms with van der Waals surface area (Å²) in [6.45, 7) is 4.04. The van der Waals surface area contributed by atoms with E-state index in [9.17, 15) is 0 Å². The van der Waals surface area contributed by atoms with Gasteiger partial charge in [-0.1, -0.05) is 66.7 Å². The monoisotopic (exact) mass is 399 g/mol. The van der Waals surface area contributed by atoms with Crippen LogP contribution in [0.5, 0.6) is 0 Å². The molecule has 1 unspecified atom stereocenters. The summed E-state index contributed by atoms with van der Waals surface area (Å²) in [4.78, 5) is 4.80. The maximum Gasteiger partial charge on any atom is 0.0361 e. The number of hydrogen-bond acceptors (Lipinski definition) is 3. The van der Waals surface area contributed by atoms with E-state index in [-0.39, 0.29) is 0 Å². The molecule has 30 heavy (non-hydrogen) atoms. The van der Waals surface area contributed by atoms with E-state index in [1.807, 2.05) is 0 Å². The van der Waals surface area contributed by atoms with E-state index >= 15 is 0 Å². The highest BCUT2D eigenvalue weighted by Gasteiger charge is 2.25. The van der Waals surface area contributed by atoms with Gasteiger partial charge in [0.15, 0.2) is 0 Å². The van der Waals surface area contributed by atoms with Crippen molar-refractivity contribution in [2.45, 2.75) is 32.0 Å². The molecule has 3 aromatic rings. The van der Waals surface area contributed by atoms with Crippen LogP contribution in [0.2, 0.25) is 0 Å². The predicted molar refractivity (Wildman–Crippen MR) is 127 cm³/mol. The normalized spacial score (nSPS) is 16.3. The third-order valence-electron chi connectivity index (χ3n) is 6.14. The Morgan fingerprint density at radius 2 is 1.53 bits per heavy atom. The Labute approximate surface area is 181 Å². The van der Waals surface area contributed by atoms with Crippen molar-refractivity contribution in [1.29, 1.82) is 0 Å². The van der Waals surface area contributed by atoms with E-state index in [0.717, 1.165) is 39.0 Å². The van der Waals surface area contributed by atoms with Crippen LogP contribution in [0, 0.1) is 0 Å². The fraction of sp³-hybridized carbons (Fsp3) is 0.333. The molecule has 0 aliphatic carbocycles. The molecule has 1 aliphatic heterocycles. The smallest absolute Gasteiger partial charge is 0.0361 e. The van der Waals surface area contributed by atoms with Gasteiger partial charge in [0.05, 0.1) is 0 Å². The lowest BCUT2D eigenvalue weighted by atomic mass is 9.90. The zero-order chi connectivity index (χ0) is 20.8. The number of benzene rings is 3. The predicted octanol–water partition coefficient (Wildman–Crippen LogP) is 4.51. The van der Waals surface area contributed by atoms with Crippen LogP contribution in [-0.2, 0) is 25.9 Å². The zero-order valence-corrected chi connectivity index (χ0v) is 18.2. The van der Waals surface area contributed by atoms with Crippen molar-refractivity contribution in [3.8, 4) is 0 Å². The molecule has 1 atom stereocenters. The first-order valence-electron chi connectivity index (χ1n) is 11.0. The Morgan fingerprint density at radius 1 is 0.833 bits per heavy atom. The maximum absolute atomic E-state index is 3.65. The van der Waals surface area contributed by atoms with Crippen LogP contribution in [-0.4, -0.2) is 38.1 Å². The average Bonchev–Trinajstić information content (AvgIpc) is 2.78. The first-order valence-corrected chi connectivity index (χ1v) is 11.0. The van der Waals surface area contributed by atoms with Gasteiger partial charge < -0.3 is 10.2 Å². The minimum Gasteiger partial charge on any atom is -0.378 e. The van der Waals surface area contributed by atoms with Crippen molar-refractivity contribution in [1.82, 2.24) is 10.2 Å². The van der Waals surface area contributed by atoms with E-state index in [1.54, 1.807) is 0 Å². The van der Waals surface area contributed by atoms with Crippen LogP contribution in [0.4, 0.5) is 5.69 Å². The van der Waals surface area contributed by atoms with Crippen molar-refractivity contribution < 1.29 is 0 Å². The van der Waals surface area contributed by atoms with Gasteiger partial charge in [-0.3, -0.25) is 4.90 Å². The molecule has 156 valence electrons. The molecule has 3 aromatic carbocycles. The highest BCUT2D eigenvalue weighted by molar-refractivity contribution is 5.46. The summed E-state index contributed by atoms with van der Waals surface area (Å²) < 4.78 is 0. The second kappa shape index (κ2) is 9.92. The highest BCUT2D eigenvalue weighted by atomic mass is 15.2. The lowest BCUT2D eigenvalue weighted by Crippen LogP contribution is -2.44. The van der Waals surface area contributed by atoms with E-state index in [1.165, 1.54) is 27.9 Å². The Kier molecular flexibility index (Phi) is 6.83. The van der Waals surface area contributed by atoms with Crippen molar-refractivity contribution >= 4 is 5.69 Å². The summed E-state index contributed by atoms with van der Waals surface area (Å²) >= 11 is 0. The maximum atomic E-state index is 3.65. The molecule has 1 heterocycles. The molecule has 0 saturated carbocycles. The Hall–Kier alpha value is -2.62. The molecule has 0 fully saturated rings. The summed E-state index contributed by atoms with van der Waals surface area (Å²) in [7, 11) is 4.16. The molecule has 3 heteroatoms. The molecule has 0 saturated heterocycles. The first kappa shape index (κ1) is 20.6. The van der Waals surface area contributed by atoms with E-state index in [2.05, 4.69) is 108 Å². The van der Waals surface area contributed by atoms with Crippen molar-refractivity contribution in [3.63, 3.8) is 0 Å². The summed E-state index contributed by atoms with van der Waals surface area (Å²) in [5.41, 5.74) is 7.02. The van der Waals surface area contributed by atoms with E-state index in [4.69, 9.17) is 0 Å². The van der Waals surface area contributed by atoms with Gasteiger partial charge in [-0.25, -0.2) is 0 Å². The van der Waals surface area contributed by atoms with Gasteiger partial charge in [0.1, 0.15) is 0 Å². The van der Waals surface area contributed by atoms with E-state index < -0.39 is 0 Å². The SMILES string of the molecule is CN(C)c1ccc(CNCCN2Cc3ccccc3CC2Cc2ccccc2)cc1. The third-order valence-corrected chi connectivity index (χ3v) is 6.14. The second-order valence-electron chi connectivity index (χ2n) is 8.52. The lowest BCUT2D eigenvalue weighted by Gasteiger charge is -2.37. The van der Waals surface area contributed by atoms with Crippen LogP contribution in [0.15, 0.2) is 78.9 Å². The van der Waals surface area contributed by atoms with Gasteiger partial charge in [-0.15, -0.1) is 0 Å². The Balaban J connectivity index is 1.35. The molecular weight excluding hydrogens is 366 g/mol. The first-order chi connectivity index (χ1) is 14.7. The fourth-order valence-corrected chi connectivity index (χ4v) is 4.36. The van der Waals surface area contributed by atoms with Gasteiger partial charge in [-0.2, -0.15) is 0 Å².